The van der Waals surface area contributed by atoms with Crippen LogP contribution in [0.2, 0.25) is 0 Å². The second-order valence-corrected chi connectivity index (χ2v) is 4.92. The van der Waals surface area contributed by atoms with Crippen LogP contribution in [-0.2, 0) is 6.54 Å². The average Bonchev–Trinajstić information content (AvgIpc) is 2.42. The highest BCUT2D eigenvalue weighted by atomic mass is 16.6. The van der Waals surface area contributed by atoms with Crippen LogP contribution >= 0.6 is 0 Å². The van der Waals surface area contributed by atoms with Gasteiger partial charge < -0.3 is 4.90 Å². The fourth-order valence-electron chi connectivity index (χ4n) is 2.07. The minimum absolute atomic E-state index is 0.00802. The van der Waals surface area contributed by atoms with Gasteiger partial charge in [0.05, 0.1) is 4.92 Å². The van der Waals surface area contributed by atoms with E-state index in [1.807, 2.05) is 11.9 Å². The normalized spacial score (nSPS) is 10.3. The Kier molecular flexibility index (Phi) is 3.98. The van der Waals surface area contributed by atoms with E-state index in [9.17, 15) is 10.1 Å². The van der Waals surface area contributed by atoms with Gasteiger partial charge >= 0.3 is 0 Å². The van der Waals surface area contributed by atoms with Crippen LogP contribution in [0.3, 0.4) is 0 Å². The monoisotopic (exact) mass is 271 g/mol. The number of hydrogen-bond donors (Lipinski definition) is 0. The number of pyridine rings is 1. The Bertz CT molecular complexity index is 624. The van der Waals surface area contributed by atoms with Crippen LogP contribution in [0.15, 0.2) is 36.5 Å². The summed E-state index contributed by atoms with van der Waals surface area (Å²) in [6, 6.07) is 9.47. The number of nitro groups is 1. The van der Waals surface area contributed by atoms with Gasteiger partial charge in [0.2, 0.25) is 0 Å². The summed E-state index contributed by atoms with van der Waals surface area (Å²) in [5.41, 5.74) is 3.70. The van der Waals surface area contributed by atoms with Gasteiger partial charge in [-0.25, -0.2) is 4.98 Å². The third-order valence-electron chi connectivity index (χ3n) is 3.24. The van der Waals surface area contributed by atoms with Gasteiger partial charge in [0.15, 0.2) is 0 Å². The van der Waals surface area contributed by atoms with E-state index in [0.717, 1.165) is 12.4 Å². The Morgan fingerprint density at radius 1 is 1.25 bits per heavy atom. The van der Waals surface area contributed by atoms with E-state index in [1.165, 1.54) is 29.0 Å². The first-order valence-corrected chi connectivity index (χ1v) is 6.35. The number of aromatic nitrogens is 1. The topological polar surface area (TPSA) is 59.3 Å². The van der Waals surface area contributed by atoms with Gasteiger partial charge in [0.25, 0.3) is 5.69 Å². The second kappa shape index (κ2) is 5.69. The molecule has 0 N–H and O–H groups in total. The number of anilines is 1. The van der Waals surface area contributed by atoms with Crippen molar-refractivity contribution in [1.82, 2.24) is 4.98 Å². The molecule has 0 saturated heterocycles. The molecule has 0 saturated carbocycles. The lowest BCUT2D eigenvalue weighted by Crippen LogP contribution is -2.18. The lowest BCUT2D eigenvalue weighted by molar-refractivity contribution is -0.385. The average molecular weight is 271 g/mol. The molecule has 20 heavy (non-hydrogen) atoms. The molecule has 0 aliphatic carbocycles. The molecule has 1 heterocycles. The quantitative estimate of drug-likeness (QED) is 0.632. The van der Waals surface area contributed by atoms with Crippen molar-refractivity contribution >= 4 is 11.5 Å². The first-order chi connectivity index (χ1) is 9.47. The Hall–Kier alpha value is -2.43. The van der Waals surface area contributed by atoms with Crippen molar-refractivity contribution < 1.29 is 4.92 Å². The van der Waals surface area contributed by atoms with Gasteiger partial charge in [-0.3, -0.25) is 10.1 Å². The molecule has 0 atom stereocenters. The van der Waals surface area contributed by atoms with E-state index in [0.29, 0.717) is 0 Å². The predicted molar refractivity (Wildman–Crippen MR) is 78.9 cm³/mol. The summed E-state index contributed by atoms with van der Waals surface area (Å²) in [5.74, 6) is 0.718. The molecule has 0 aliphatic heterocycles. The zero-order chi connectivity index (χ0) is 14.7. The molecule has 1 aromatic carbocycles. The largest absolute Gasteiger partial charge is 0.355 e. The molecule has 0 amide bonds. The molecule has 5 heteroatoms. The van der Waals surface area contributed by atoms with Gasteiger partial charge in [-0.15, -0.1) is 0 Å². The van der Waals surface area contributed by atoms with Crippen LogP contribution in [0.1, 0.15) is 16.7 Å². The van der Waals surface area contributed by atoms with E-state index in [4.69, 9.17) is 0 Å². The number of benzene rings is 1. The van der Waals surface area contributed by atoms with Crippen molar-refractivity contribution in [2.45, 2.75) is 20.4 Å². The summed E-state index contributed by atoms with van der Waals surface area (Å²) in [6.07, 6.45) is 1.29. The third kappa shape index (κ3) is 3.12. The van der Waals surface area contributed by atoms with E-state index < -0.39 is 4.92 Å². The van der Waals surface area contributed by atoms with Crippen molar-refractivity contribution in [1.29, 1.82) is 0 Å². The van der Waals surface area contributed by atoms with Gasteiger partial charge in [-0.1, -0.05) is 23.8 Å². The smallest absolute Gasteiger partial charge is 0.287 e. The van der Waals surface area contributed by atoms with Crippen LogP contribution in [0.5, 0.6) is 0 Å². The Morgan fingerprint density at radius 2 is 2.00 bits per heavy atom. The van der Waals surface area contributed by atoms with Crippen LogP contribution < -0.4 is 4.90 Å². The Morgan fingerprint density at radius 3 is 2.55 bits per heavy atom. The molecule has 0 bridgehead atoms. The maximum atomic E-state index is 10.6. The molecule has 2 rings (SSSR count). The molecule has 0 unspecified atom stereocenters. The molecule has 0 fully saturated rings. The molecule has 0 radical (unpaired) electrons. The van der Waals surface area contributed by atoms with Crippen LogP contribution in [0.25, 0.3) is 0 Å². The first-order valence-electron chi connectivity index (χ1n) is 6.35. The van der Waals surface area contributed by atoms with Gasteiger partial charge in [-0.05, 0) is 31.0 Å². The molecule has 0 spiro atoms. The van der Waals surface area contributed by atoms with Crippen molar-refractivity contribution in [2.24, 2.45) is 0 Å². The van der Waals surface area contributed by atoms with Crippen LogP contribution in [0.4, 0.5) is 11.5 Å². The summed E-state index contributed by atoms with van der Waals surface area (Å²) in [6.45, 7) is 4.87. The lowest BCUT2D eigenvalue weighted by atomic mass is 10.1. The molecule has 2 aromatic rings. The lowest BCUT2D eigenvalue weighted by Gasteiger charge is -2.19. The van der Waals surface area contributed by atoms with Gasteiger partial charge in [0.1, 0.15) is 12.0 Å². The third-order valence-corrected chi connectivity index (χ3v) is 3.24. The number of hydrogen-bond acceptors (Lipinski definition) is 4. The van der Waals surface area contributed by atoms with Crippen molar-refractivity contribution in [3.8, 4) is 0 Å². The number of aryl methyl sites for hydroxylation is 2. The van der Waals surface area contributed by atoms with E-state index in [2.05, 4.69) is 37.0 Å². The van der Waals surface area contributed by atoms with Gasteiger partial charge in [0, 0.05) is 19.7 Å². The summed E-state index contributed by atoms with van der Waals surface area (Å²) in [4.78, 5) is 16.3. The van der Waals surface area contributed by atoms with Crippen molar-refractivity contribution in [3.63, 3.8) is 0 Å². The fourth-order valence-corrected chi connectivity index (χ4v) is 2.07. The fraction of sp³-hybridized carbons (Fsp3) is 0.267. The number of rotatable bonds is 4. The van der Waals surface area contributed by atoms with E-state index in [1.54, 1.807) is 6.07 Å². The molecule has 5 nitrogen and oxygen atoms in total. The molecular formula is C15H17N3O2. The highest BCUT2D eigenvalue weighted by Crippen LogP contribution is 2.18. The standard InChI is InChI=1S/C15H17N3O2/c1-11-4-5-13(12(2)8-11)10-17(3)15-7-6-14(9-16-15)18(19)20/h4-9H,10H2,1-3H3. The highest BCUT2D eigenvalue weighted by molar-refractivity contribution is 5.44. The highest BCUT2D eigenvalue weighted by Gasteiger charge is 2.09. The first kappa shape index (κ1) is 14.0. The minimum atomic E-state index is -0.444. The van der Waals surface area contributed by atoms with Crippen molar-refractivity contribution in [3.05, 3.63) is 63.3 Å². The Labute approximate surface area is 118 Å². The maximum Gasteiger partial charge on any atom is 0.287 e. The summed E-state index contributed by atoms with van der Waals surface area (Å²) in [7, 11) is 1.92. The second-order valence-electron chi connectivity index (χ2n) is 4.92. The minimum Gasteiger partial charge on any atom is -0.355 e. The summed E-state index contributed by atoms with van der Waals surface area (Å²) in [5, 5.41) is 10.6. The van der Waals surface area contributed by atoms with E-state index >= 15 is 0 Å². The maximum absolute atomic E-state index is 10.6. The SMILES string of the molecule is Cc1ccc(CN(C)c2ccc([N+](=O)[O-])cn2)c(C)c1. The zero-order valence-electron chi connectivity index (χ0n) is 11.8. The van der Waals surface area contributed by atoms with Crippen molar-refractivity contribution in [2.75, 3.05) is 11.9 Å². The summed E-state index contributed by atoms with van der Waals surface area (Å²) >= 11 is 0. The zero-order valence-corrected chi connectivity index (χ0v) is 11.8. The Balaban J connectivity index is 2.15. The molecule has 0 aliphatic rings. The van der Waals surface area contributed by atoms with Crippen LogP contribution in [-0.4, -0.2) is 17.0 Å². The number of nitrogens with zero attached hydrogens (tertiary/aromatic N) is 3. The van der Waals surface area contributed by atoms with E-state index in [-0.39, 0.29) is 5.69 Å². The van der Waals surface area contributed by atoms with Crippen LogP contribution in [0, 0.1) is 24.0 Å². The molecular weight excluding hydrogens is 254 g/mol. The summed E-state index contributed by atoms with van der Waals surface area (Å²) < 4.78 is 0. The molecule has 104 valence electrons. The molecule has 1 aromatic heterocycles. The van der Waals surface area contributed by atoms with Gasteiger partial charge in [-0.2, -0.15) is 0 Å². The predicted octanol–water partition coefficient (Wildman–Crippen LogP) is 3.24.